The summed E-state index contributed by atoms with van der Waals surface area (Å²) >= 11 is 0. The van der Waals surface area contributed by atoms with Crippen LogP contribution >= 0.6 is 0 Å². The van der Waals surface area contributed by atoms with Crippen molar-refractivity contribution < 1.29 is 14.3 Å². The molecule has 0 radical (unpaired) electrons. The van der Waals surface area contributed by atoms with Gasteiger partial charge in [-0.1, -0.05) is 6.07 Å². The number of anilines is 3. The van der Waals surface area contributed by atoms with Crippen LogP contribution in [0, 0.1) is 5.92 Å². The molecule has 6 nitrogen and oxygen atoms in total. The molecule has 2 aromatic rings. The second-order valence-electron chi connectivity index (χ2n) is 6.85. The van der Waals surface area contributed by atoms with Crippen LogP contribution in [0.25, 0.3) is 0 Å². The van der Waals surface area contributed by atoms with E-state index in [1.165, 1.54) is 0 Å². The SMILES string of the molecule is CCN(CC)c1ccc(NC(=O)COc2cccc(NC(=O)C3CC3)c2)cc1. The van der Waals surface area contributed by atoms with Gasteiger partial charge in [0.1, 0.15) is 5.75 Å². The smallest absolute Gasteiger partial charge is 0.262 e. The van der Waals surface area contributed by atoms with Crippen LogP contribution in [0.3, 0.4) is 0 Å². The molecule has 148 valence electrons. The average molecular weight is 381 g/mol. The van der Waals surface area contributed by atoms with Gasteiger partial charge >= 0.3 is 0 Å². The molecular weight excluding hydrogens is 354 g/mol. The van der Waals surface area contributed by atoms with E-state index >= 15 is 0 Å². The standard InChI is InChI=1S/C22H27N3O3/c1-3-25(4-2)19-12-10-17(11-13-19)23-21(26)15-28-20-7-5-6-18(14-20)24-22(27)16-8-9-16/h5-7,10-14,16H,3-4,8-9,15H2,1-2H3,(H,23,26)(H,24,27). The van der Waals surface area contributed by atoms with Gasteiger partial charge in [-0.25, -0.2) is 0 Å². The van der Waals surface area contributed by atoms with E-state index in [4.69, 9.17) is 4.74 Å². The number of carbonyl (C=O) groups is 2. The second kappa shape index (κ2) is 9.26. The largest absolute Gasteiger partial charge is 0.484 e. The van der Waals surface area contributed by atoms with Crippen LogP contribution in [0.15, 0.2) is 48.5 Å². The summed E-state index contributed by atoms with van der Waals surface area (Å²) in [4.78, 5) is 26.2. The Bertz CT molecular complexity index is 812. The summed E-state index contributed by atoms with van der Waals surface area (Å²) in [7, 11) is 0. The molecule has 0 spiro atoms. The van der Waals surface area contributed by atoms with Crippen molar-refractivity contribution in [2.24, 2.45) is 5.92 Å². The number of nitrogens with one attached hydrogen (secondary N) is 2. The molecule has 2 amide bonds. The first-order valence-electron chi connectivity index (χ1n) is 9.77. The molecule has 0 aliphatic heterocycles. The van der Waals surface area contributed by atoms with Crippen LogP contribution in [-0.4, -0.2) is 31.5 Å². The molecule has 28 heavy (non-hydrogen) atoms. The lowest BCUT2D eigenvalue weighted by molar-refractivity contribution is -0.118. The zero-order valence-corrected chi connectivity index (χ0v) is 16.4. The maximum atomic E-state index is 12.2. The first-order valence-corrected chi connectivity index (χ1v) is 9.77. The Morgan fingerprint density at radius 1 is 1.00 bits per heavy atom. The quantitative estimate of drug-likeness (QED) is 0.691. The summed E-state index contributed by atoms with van der Waals surface area (Å²) in [6.07, 6.45) is 1.91. The first kappa shape index (κ1) is 19.7. The molecule has 1 aliphatic rings. The third-order valence-corrected chi connectivity index (χ3v) is 4.70. The van der Waals surface area contributed by atoms with E-state index < -0.39 is 0 Å². The lowest BCUT2D eigenvalue weighted by Crippen LogP contribution is -2.22. The number of amides is 2. The monoisotopic (exact) mass is 381 g/mol. The van der Waals surface area contributed by atoms with Gasteiger partial charge in [-0.2, -0.15) is 0 Å². The molecular formula is C22H27N3O3. The van der Waals surface area contributed by atoms with E-state index in [1.807, 2.05) is 30.3 Å². The van der Waals surface area contributed by atoms with Gasteiger partial charge in [0.05, 0.1) is 0 Å². The van der Waals surface area contributed by atoms with Crippen molar-refractivity contribution in [2.45, 2.75) is 26.7 Å². The Labute approximate surface area is 165 Å². The van der Waals surface area contributed by atoms with Gasteiger partial charge in [-0.05, 0) is 63.1 Å². The number of benzene rings is 2. The normalized spacial score (nSPS) is 12.9. The predicted molar refractivity (Wildman–Crippen MR) is 112 cm³/mol. The predicted octanol–water partition coefficient (Wildman–Crippen LogP) is 3.90. The molecule has 3 rings (SSSR count). The fourth-order valence-electron chi connectivity index (χ4n) is 2.94. The zero-order valence-electron chi connectivity index (χ0n) is 16.4. The van der Waals surface area contributed by atoms with E-state index in [1.54, 1.807) is 18.2 Å². The molecule has 6 heteroatoms. The van der Waals surface area contributed by atoms with Crippen molar-refractivity contribution in [1.29, 1.82) is 0 Å². The van der Waals surface area contributed by atoms with Gasteiger partial charge in [0.2, 0.25) is 5.91 Å². The van der Waals surface area contributed by atoms with Crippen molar-refractivity contribution in [3.05, 3.63) is 48.5 Å². The molecule has 0 unspecified atom stereocenters. The van der Waals surface area contributed by atoms with E-state index in [0.29, 0.717) is 11.4 Å². The average Bonchev–Trinajstić information content (AvgIpc) is 3.54. The number of carbonyl (C=O) groups excluding carboxylic acids is 2. The van der Waals surface area contributed by atoms with Crippen LogP contribution in [-0.2, 0) is 9.59 Å². The number of ether oxygens (including phenoxy) is 1. The highest BCUT2D eigenvalue weighted by Crippen LogP contribution is 2.30. The maximum absolute atomic E-state index is 12.2. The Morgan fingerprint density at radius 2 is 1.71 bits per heavy atom. The number of rotatable bonds is 9. The van der Waals surface area contributed by atoms with Gasteiger partial charge < -0.3 is 20.3 Å². The molecule has 2 N–H and O–H groups in total. The minimum absolute atomic E-state index is 0.0445. The molecule has 0 atom stereocenters. The van der Waals surface area contributed by atoms with E-state index in [0.717, 1.165) is 37.3 Å². The minimum Gasteiger partial charge on any atom is -0.484 e. The molecule has 1 fully saturated rings. The van der Waals surface area contributed by atoms with Gasteiger partial charge in [0.15, 0.2) is 6.61 Å². The van der Waals surface area contributed by atoms with Crippen LogP contribution in [0.5, 0.6) is 5.75 Å². The van der Waals surface area contributed by atoms with Gasteiger partial charge in [-0.15, -0.1) is 0 Å². The third-order valence-electron chi connectivity index (χ3n) is 4.70. The van der Waals surface area contributed by atoms with Crippen LogP contribution in [0.1, 0.15) is 26.7 Å². The number of hydrogen-bond donors (Lipinski definition) is 2. The summed E-state index contributed by atoms with van der Waals surface area (Å²) in [5.74, 6) is 0.496. The Morgan fingerprint density at radius 3 is 2.36 bits per heavy atom. The van der Waals surface area contributed by atoms with Crippen molar-refractivity contribution in [2.75, 3.05) is 35.2 Å². The van der Waals surface area contributed by atoms with Crippen LogP contribution < -0.4 is 20.3 Å². The van der Waals surface area contributed by atoms with Crippen molar-refractivity contribution in [3.8, 4) is 5.75 Å². The van der Waals surface area contributed by atoms with Gasteiger partial charge in [0, 0.05) is 42.1 Å². The molecule has 0 heterocycles. The van der Waals surface area contributed by atoms with E-state index in [2.05, 4.69) is 29.4 Å². The Balaban J connectivity index is 1.49. The summed E-state index contributed by atoms with van der Waals surface area (Å²) in [5.41, 5.74) is 2.54. The van der Waals surface area contributed by atoms with Crippen molar-refractivity contribution in [1.82, 2.24) is 0 Å². The highest BCUT2D eigenvalue weighted by atomic mass is 16.5. The van der Waals surface area contributed by atoms with Crippen molar-refractivity contribution in [3.63, 3.8) is 0 Å². The molecule has 1 aliphatic carbocycles. The summed E-state index contributed by atoms with van der Waals surface area (Å²) in [6, 6.07) is 14.9. The molecule has 0 aromatic heterocycles. The Kier molecular flexibility index (Phi) is 6.53. The van der Waals surface area contributed by atoms with Gasteiger partial charge in [0.25, 0.3) is 5.91 Å². The Hall–Kier alpha value is -3.02. The van der Waals surface area contributed by atoms with Gasteiger partial charge in [-0.3, -0.25) is 9.59 Å². The first-order chi connectivity index (χ1) is 13.6. The lowest BCUT2D eigenvalue weighted by atomic mass is 10.2. The molecule has 0 saturated heterocycles. The fourth-order valence-corrected chi connectivity index (χ4v) is 2.94. The molecule has 2 aromatic carbocycles. The van der Waals surface area contributed by atoms with Crippen molar-refractivity contribution >= 4 is 28.9 Å². The highest BCUT2D eigenvalue weighted by molar-refractivity contribution is 5.94. The summed E-state index contributed by atoms with van der Waals surface area (Å²) < 4.78 is 5.56. The number of hydrogen-bond acceptors (Lipinski definition) is 4. The maximum Gasteiger partial charge on any atom is 0.262 e. The number of nitrogens with zero attached hydrogens (tertiary/aromatic N) is 1. The lowest BCUT2D eigenvalue weighted by Gasteiger charge is -2.21. The topological polar surface area (TPSA) is 70.7 Å². The zero-order chi connectivity index (χ0) is 19.9. The van der Waals surface area contributed by atoms with E-state index in [9.17, 15) is 9.59 Å². The van der Waals surface area contributed by atoms with Crippen LogP contribution in [0.2, 0.25) is 0 Å². The van der Waals surface area contributed by atoms with E-state index in [-0.39, 0.29) is 24.3 Å². The summed E-state index contributed by atoms with van der Waals surface area (Å²) in [5, 5.41) is 5.70. The highest BCUT2D eigenvalue weighted by Gasteiger charge is 2.29. The second-order valence-corrected chi connectivity index (χ2v) is 6.85. The molecule has 1 saturated carbocycles. The fraction of sp³-hybridized carbons (Fsp3) is 0.364. The van der Waals surface area contributed by atoms with Crippen LogP contribution in [0.4, 0.5) is 17.1 Å². The summed E-state index contributed by atoms with van der Waals surface area (Å²) in [6.45, 7) is 6.01. The minimum atomic E-state index is -0.233. The third kappa shape index (κ3) is 5.49. The molecule has 0 bridgehead atoms.